The molecular formula is C10H13FN6O2. The third-order valence-corrected chi connectivity index (χ3v) is 3.56. The van der Waals surface area contributed by atoms with Crippen molar-refractivity contribution < 1.29 is 14.6 Å². The predicted octanol–water partition coefficient (Wildman–Crippen LogP) is -0.944. The first-order valence-electron chi connectivity index (χ1n) is 5.88. The van der Waals surface area contributed by atoms with Crippen molar-refractivity contribution in [3.05, 3.63) is 6.33 Å². The van der Waals surface area contributed by atoms with Gasteiger partial charge in [0.15, 0.2) is 17.0 Å². The van der Waals surface area contributed by atoms with Crippen LogP contribution in [0.25, 0.3) is 11.2 Å². The van der Waals surface area contributed by atoms with Crippen molar-refractivity contribution in [2.45, 2.75) is 24.7 Å². The number of nitrogens with zero attached hydrogens (tertiary/aromatic N) is 5. The molecule has 1 aliphatic carbocycles. The molecule has 1 fully saturated rings. The highest BCUT2D eigenvalue weighted by Crippen LogP contribution is 2.37. The Morgan fingerprint density at radius 3 is 2.95 bits per heavy atom. The maximum absolute atomic E-state index is 14.1. The molecule has 102 valence electrons. The Bertz CT molecular complexity index is 605. The van der Waals surface area contributed by atoms with Gasteiger partial charge in [0, 0.05) is 12.5 Å². The fraction of sp³-hybridized carbons (Fsp3) is 0.600. The zero-order valence-electron chi connectivity index (χ0n) is 9.89. The van der Waals surface area contributed by atoms with E-state index in [0.717, 1.165) is 0 Å². The number of alkyl halides is 1. The minimum atomic E-state index is -1.53. The molecule has 0 spiro atoms. The van der Waals surface area contributed by atoms with Crippen LogP contribution >= 0.6 is 0 Å². The van der Waals surface area contributed by atoms with Crippen LogP contribution in [0.5, 0.6) is 0 Å². The summed E-state index contributed by atoms with van der Waals surface area (Å²) < 4.78 is 15.4. The van der Waals surface area contributed by atoms with Crippen LogP contribution in [0.1, 0.15) is 12.5 Å². The Balaban J connectivity index is 2.04. The second-order valence-corrected chi connectivity index (χ2v) is 4.65. The minimum absolute atomic E-state index is 0.170. The van der Waals surface area contributed by atoms with Gasteiger partial charge in [-0.05, 0) is 6.42 Å². The van der Waals surface area contributed by atoms with Crippen LogP contribution in [-0.2, 0) is 0 Å². The first-order chi connectivity index (χ1) is 9.13. The van der Waals surface area contributed by atoms with Crippen molar-refractivity contribution >= 4 is 17.0 Å². The van der Waals surface area contributed by atoms with Crippen LogP contribution in [0.2, 0.25) is 0 Å². The largest absolute Gasteiger partial charge is 0.396 e. The van der Waals surface area contributed by atoms with E-state index in [0.29, 0.717) is 11.2 Å². The Morgan fingerprint density at radius 1 is 1.47 bits per heavy atom. The highest BCUT2D eigenvalue weighted by atomic mass is 19.1. The lowest BCUT2D eigenvalue weighted by Gasteiger charge is -2.14. The number of aliphatic hydroxyl groups excluding tert-OH is 2. The lowest BCUT2D eigenvalue weighted by Crippen LogP contribution is -2.27. The van der Waals surface area contributed by atoms with E-state index >= 15 is 0 Å². The van der Waals surface area contributed by atoms with Crippen LogP contribution in [-0.4, -0.2) is 54.1 Å². The number of aliphatic hydroxyl groups is 2. The molecule has 19 heavy (non-hydrogen) atoms. The van der Waals surface area contributed by atoms with E-state index in [1.54, 1.807) is 0 Å². The summed E-state index contributed by atoms with van der Waals surface area (Å²) in [5, 5.41) is 26.5. The number of aromatic nitrogens is 5. The van der Waals surface area contributed by atoms with Crippen molar-refractivity contribution in [2.75, 3.05) is 12.3 Å². The number of rotatable bonds is 2. The topological polar surface area (TPSA) is 123 Å². The zero-order chi connectivity index (χ0) is 13.6. The summed E-state index contributed by atoms with van der Waals surface area (Å²) in [6.07, 6.45) is -1.23. The van der Waals surface area contributed by atoms with Gasteiger partial charge in [0.05, 0.1) is 12.1 Å². The van der Waals surface area contributed by atoms with Crippen molar-refractivity contribution in [1.29, 1.82) is 0 Å². The molecule has 4 atom stereocenters. The molecule has 1 saturated carbocycles. The van der Waals surface area contributed by atoms with Gasteiger partial charge in [-0.15, -0.1) is 5.10 Å². The molecule has 1 aliphatic rings. The third kappa shape index (κ3) is 1.73. The van der Waals surface area contributed by atoms with Gasteiger partial charge in [-0.2, -0.15) is 0 Å². The molecule has 0 radical (unpaired) electrons. The lowest BCUT2D eigenvalue weighted by molar-refractivity contribution is 0.0392. The SMILES string of the molecule is Nc1ncnc2c1nnn2C1CC(CO)C(O)C1F. The molecular weight excluding hydrogens is 255 g/mol. The minimum Gasteiger partial charge on any atom is -0.396 e. The molecule has 4 N–H and O–H groups in total. The fourth-order valence-corrected chi connectivity index (χ4v) is 2.49. The van der Waals surface area contributed by atoms with Crippen LogP contribution < -0.4 is 5.73 Å². The Morgan fingerprint density at radius 2 is 2.26 bits per heavy atom. The second kappa shape index (κ2) is 4.35. The normalized spacial score (nSPS) is 31.1. The molecule has 0 aliphatic heterocycles. The van der Waals surface area contributed by atoms with Gasteiger partial charge in [0.25, 0.3) is 0 Å². The highest BCUT2D eigenvalue weighted by Gasteiger charge is 2.44. The van der Waals surface area contributed by atoms with Crippen LogP contribution in [0.4, 0.5) is 10.2 Å². The first-order valence-corrected chi connectivity index (χ1v) is 5.88. The third-order valence-electron chi connectivity index (χ3n) is 3.56. The van der Waals surface area contributed by atoms with Gasteiger partial charge in [0.2, 0.25) is 0 Å². The van der Waals surface area contributed by atoms with Gasteiger partial charge in [-0.1, -0.05) is 5.21 Å². The summed E-state index contributed by atoms with van der Waals surface area (Å²) in [5.41, 5.74) is 6.26. The van der Waals surface area contributed by atoms with E-state index < -0.39 is 24.2 Å². The first kappa shape index (κ1) is 12.2. The molecule has 2 aromatic heterocycles. The van der Waals surface area contributed by atoms with Crippen molar-refractivity contribution in [3.63, 3.8) is 0 Å². The lowest BCUT2D eigenvalue weighted by atomic mass is 10.1. The molecule has 8 nitrogen and oxygen atoms in total. The highest BCUT2D eigenvalue weighted by molar-refractivity contribution is 5.80. The summed E-state index contributed by atoms with van der Waals surface area (Å²) in [6, 6.07) is -0.716. The molecule has 0 saturated heterocycles. The van der Waals surface area contributed by atoms with E-state index in [4.69, 9.17) is 10.8 Å². The Labute approximate surface area is 107 Å². The van der Waals surface area contributed by atoms with Crippen molar-refractivity contribution in [3.8, 4) is 0 Å². The van der Waals surface area contributed by atoms with Gasteiger partial charge < -0.3 is 15.9 Å². The summed E-state index contributed by atoms with van der Waals surface area (Å²) in [6.45, 7) is -0.276. The fourth-order valence-electron chi connectivity index (χ4n) is 2.49. The summed E-state index contributed by atoms with van der Waals surface area (Å²) in [7, 11) is 0. The predicted molar refractivity (Wildman–Crippen MR) is 62.7 cm³/mol. The number of hydrogen-bond acceptors (Lipinski definition) is 7. The van der Waals surface area contributed by atoms with E-state index in [1.165, 1.54) is 11.0 Å². The summed E-state index contributed by atoms with van der Waals surface area (Å²) in [5.74, 6) is -0.345. The second-order valence-electron chi connectivity index (χ2n) is 4.65. The van der Waals surface area contributed by atoms with Crippen molar-refractivity contribution in [1.82, 2.24) is 25.0 Å². The molecule has 4 unspecified atom stereocenters. The Kier molecular flexibility index (Phi) is 2.79. The standard InChI is InChI=1S/C10H13FN6O2/c11-6-5(1-4(2-18)8(6)19)17-10-7(15-16-17)9(12)13-3-14-10/h3-6,8,18-19H,1-2H2,(H2,12,13,14). The van der Waals surface area contributed by atoms with Gasteiger partial charge >= 0.3 is 0 Å². The average Bonchev–Trinajstić information content (AvgIpc) is 2.94. The van der Waals surface area contributed by atoms with Gasteiger partial charge in [-0.3, -0.25) is 0 Å². The van der Waals surface area contributed by atoms with Crippen molar-refractivity contribution in [2.24, 2.45) is 5.92 Å². The smallest absolute Gasteiger partial charge is 0.184 e. The molecule has 2 heterocycles. The van der Waals surface area contributed by atoms with E-state index in [1.807, 2.05) is 0 Å². The van der Waals surface area contributed by atoms with Gasteiger partial charge in [-0.25, -0.2) is 19.0 Å². The molecule has 0 aromatic carbocycles. The number of nitrogens with two attached hydrogens (primary N) is 1. The quantitative estimate of drug-likeness (QED) is 0.642. The average molecular weight is 268 g/mol. The van der Waals surface area contributed by atoms with E-state index in [9.17, 15) is 9.50 Å². The molecule has 9 heteroatoms. The molecule has 3 rings (SSSR count). The van der Waals surface area contributed by atoms with Crippen LogP contribution in [0, 0.1) is 5.92 Å². The molecule has 0 bridgehead atoms. The number of hydrogen-bond donors (Lipinski definition) is 3. The monoisotopic (exact) mass is 268 g/mol. The molecule has 2 aromatic rings. The molecule has 0 amide bonds. The number of halogens is 1. The van der Waals surface area contributed by atoms with E-state index in [2.05, 4.69) is 20.3 Å². The van der Waals surface area contributed by atoms with Gasteiger partial charge in [0.1, 0.15) is 12.5 Å². The van der Waals surface area contributed by atoms with Crippen LogP contribution in [0.3, 0.4) is 0 Å². The summed E-state index contributed by atoms with van der Waals surface area (Å²) in [4.78, 5) is 7.77. The number of fused-ring (bicyclic) bond motifs is 1. The summed E-state index contributed by atoms with van der Waals surface area (Å²) >= 11 is 0. The zero-order valence-corrected chi connectivity index (χ0v) is 9.89. The number of nitrogen functional groups attached to an aromatic ring is 1. The van der Waals surface area contributed by atoms with Crippen LogP contribution in [0.15, 0.2) is 6.33 Å². The number of anilines is 1. The maximum atomic E-state index is 14.1. The maximum Gasteiger partial charge on any atom is 0.184 e. The van der Waals surface area contributed by atoms with E-state index in [-0.39, 0.29) is 18.8 Å². The Hall–Kier alpha value is -1.87.